The topological polar surface area (TPSA) is 59.4 Å². The molecule has 1 aromatic heterocycles. The number of ether oxygens (including phenoxy) is 1. The molecule has 0 bridgehead atoms. The van der Waals surface area contributed by atoms with Crippen molar-refractivity contribution in [2.24, 2.45) is 7.05 Å². The summed E-state index contributed by atoms with van der Waals surface area (Å²) in [7, 11) is 1.77. The quantitative estimate of drug-likeness (QED) is 0.880. The minimum atomic E-state index is -0.0179. The molecule has 0 amide bonds. The first-order valence-electron chi connectivity index (χ1n) is 7.79. The highest BCUT2D eigenvalue weighted by Gasteiger charge is 2.29. The molecule has 2 fully saturated rings. The van der Waals surface area contributed by atoms with Crippen LogP contribution in [0, 0.1) is 0 Å². The van der Waals surface area contributed by atoms with E-state index in [1.54, 1.807) is 24.0 Å². The Labute approximate surface area is 125 Å². The van der Waals surface area contributed by atoms with Gasteiger partial charge in [-0.05, 0) is 26.2 Å². The Morgan fingerprint density at radius 1 is 1.43 bits per heavy atom. The summed E-state index contributed by atoms with van der Waals surface area (Å²) in [6, 6.07) is 0.834. The normalized spacial score (nSPS) is 29.8. The van der Waals surface area contributed by atoms with Gasteiger partial charge in [0.1, 0.15) is 0 Å². The number of nitrogens with one attached hydrogen (secondary N) is 1. The molecule has 0 radical (unpaired) electrons. The number of anilines is 1. The van der Waals surface area contributed by atoms with Crippen molar-refractivity contribution < 1.29 is 4.74 Å². The van der Waals surface area contributed by atoms with Gasteiger partial charge in [-0.3, -0.25) is 4.79 Å². The number of piperidine rings is 1. The lowest BCUT2D eigenvalue weighted by Gasteiger charge is -2.35. The smallest absolute Gasteiger partial charge is 0.293 e. The first-order valence-corrected chi connectivity index (χ1v) is 7.79. The number of rotatable bonds is 3. The summed E-state index contributed by atoms with van der Waals surface area (Å²) in [5, 5.41) is 3.70. The van der Waals surface area contributed by atoms with Gasteiger partial charge in [-0.25, -0.2) is 4.98 Å². The molecule has 0 unspecified atom stereocenters. The summed E-state index contributed by atoms with van der Waals surface area (Å²) < 4.78 is 7.20. The minimum Gasteiger partial charge on any atom is -0.377 e. The fourth-order valence-electron chi connectivity index (χ4n) is 3.26. The molecule has 6 nitrogen and oxygen atoms in total. The second-order valence-electron chi connectivity index (χ2n) is 6.09. The molecule has 2 aliphatic rings. The van der Waals surface area contributed by atoms with Crippen molar-refractivity contribution >= 4 is 5.82 Å². The SMILES string of the molecule is C[C@@H]1OCC[C@H]1N[C@@H]1CCCN(c2nccn(C)c2=O)C1. The summed E-state index contributed by atoms with van der Waals surface area (Å²) in [6.07, 6.45) is 6.97. The van der Waals surface area contributed by atoms with E-state index in [4.69, 9.17) is 4.74 Å². The Bertz CT molecular complexity index is 545. The first kappa shape index (κ1) is 14.5. The molecule has 2 aliphatic heterocycles. The van der Waals surface area contributed by atoms with Gasteiger partial charge in [-0.15, -0.1) is 0 Å². The average Bonchev–Trinajstić information content (AvgIpc) is 2.88. The number of hydrogen-bond acceptors (Lipinski definition) is 5. The van der Waals surface area contributed by atoms with Crippen LogP contribution >= 0.6 is 0 Å². The third kappa shape index (κ3) is 3.11. The standard InChI is InChI=1S/C15H24N4O2/c1-11-13(5-9-21-11)17-12-4-3-7-19(10-12)14-15(20)18(2)8-6-16-14/h6,8,11-13,17H,3-5,7,9-10H2,1-2H3/t11-,12+,13+/m0/s1. The number of nitrogens with zero attached hydrogens (tertiary/aromatic N) is 3. The number of aromatic nitrogens is 2. The lowest BCUT2D eigenvalue weighted by molar-refractivity contribution is 0.110. The predicted octanol–water partition coefficient (Wildman–Crippen LogP) is 0.516. The maximum absolute atomic E-state index is 12.2. The van der Waals surface area contributed by atoms with Crippen molar-refractivity contribution in [1.82, 2.24) is 14.9 Å². The van der Waals surface area contributed by atoms with Crippen molar-refractivity contribution in [3.63, 3.8) is 0 Å². The van der Waals surface area contributed by atoms with Gasteiger partial charge in [-0.1, -0.05) is 0 Å². The largest absolute Gasteiger partial charge is 0.377 e. The summed E-state index contributed by atoms with van der Waals surface area (Å²) in [4.78, 5) is 18.6. The molecule has 0 aliphatic carbocycles. The molecule has 0 saturated carbocycles. The second-order valence-corrected chi connectivity index (χ2v) is 6.09. The van der Waals surface area contributed by atoms with Crippen LogP contribution in [-0.2, 0) is 11.8 Å². The lowest BCUT2D eigenvalue weighted by atomic mass is 10.0. The van der Waals surface area contributed by atoms with Crippen molar-refractivity contribution in [3.05, 3.63) is 22.7 Å². The zero-order valence-electron chi connectivity index (χ0n) is 12.8. The van der Waals surface area contributed by atoms with E-state index in [0.717, 1.165) is 39.0 Å². The van der Waals surface area contributed by atoms with Crippen molar-refractivity contribution in [3.8, 4) is 0 Å². The van der Waals surface area contributed by atoms with Gasteiger partial charge >= 0.3 is 0 Å². The van der Waals surface area contributed by atoms with Crippen LogP contribution in [0.1, 0.15) is 26.2 Å². The highest BCUT2D eigenvalue weighted by molar-refractivity contribution is 5.36. The number of hydrogen-bond donors (Lipinski definition) is 1. The molecule has 0 spiro atoms. The zero-order chi connectivity index (χ0) is 14.8. The highest BCUT2D eigenvalue weighted by Crippen LogP contribution is 2.18. The van der Waals surface area contributed by atoms with Crippen molar-refractivity contribution in [2.45, 2.75) is 44.4 Å². The van der Waals surface area contributed by atoms with Crippen LogP contribution in [0.5, 0.6) is 0 Å². The Kier molecular flexibility index (Phi) is 4.26. The van der Waals surface area contributed by atoms with Crippen LogP contribution in [0.2, 0.25) is 0 Å². The van der Waals surface area contributed by atoms with E-state index >= 15 is 0 Å². The van der Waals surface area contributed by atoms with Gasteiger partial charge in [0.05, 0.1) is 6.10 Å². The summed E-state index contributed by atoms with van der Waals surface area (Å²) in [6.45, 7) is 4.71. The van der Waals surface area contributed by atoms with E-state index in [9.17, 15) is 4.79 Å². The van der Waals surface area contributed by atoms with Crippen LogP contribution in [0.3, 0.4) is 0 Å². The fraction of sp³-hybridized carbons (Fsp3) is 0.733. The predicted molar refractivity (Wildman–Crippen MR) is 81.7 cm³/mol. The molecular formula is C15H24N4O2. The Balaban J connectivity index is 1.68. The molecule has 116 valence electrons. The molecule has 1 N–H and O–H groups in total. The van der Waals surface area contributed by atoms with Gasteiger partial charge in [0.25, 0.3) is 5.56 Å². The molecule has 21 heavy (non-hydrogen) atoms. The van der Waals surface area contributed by atoms with E-state index in [2.05, 4.69) is 22.1 Å². The van der Waals surface area contributed by atoms with E-state index in [1.165, 1.54) is 0 Å². The monoisotopic (exact) mass is 292 g/mol. The van der Waals surface area contributed by atoms with Crippen LogP contribution in [-0.4, -0.2) is 47.4 Å². The minimum absolute atomic E-state index is 0.0179. The van der Waals surface area contributed by atoms with Crippen LogP contribution in [0.25, 0.3) is 0 Å². The van der Waals surface area contributed by atoms with Crippen LogP contribution in [0.15, 0.2) is 17.2 Å². The molecule has 2 saturated heterocycles. The van der Waals surface area contributed by atoms with Crippen LogP contribution < -0.4 is 15.8 Å². The van der Waals surface area contributed by atoms with E-state index in [1.807, 2.05) is 0 Å². The Morgan fingerprint density at radius 3 is 3.05 bits per heavy atom. The van der Waals surface area contributed by atoms with Gasteiger partial charge in [-0.2, -0.15) is 0 Å². The van der Waals surface area contributed by atoms with Gasteiger partial charge < -0.3 is 19.5 Å². The van der Waals surface area contributed by atoms with Crippen molar-refractivity contribution in [2.75, 3.05) is 24.6 Å². The second kappa shape index (κ2) is 6.15. The zero-order valence-corrected chi connectivity index (χ0v) is 12.8. The van der Waals surface area contributed by atoms with Crippen LogP contribution in [0.4, 0.5) is 5.82 Å². The molecule has 3 rings (SSSR count). The summed E-state index contributed by atoms with van der Waals surface area (Å²) >= 11 is 0. The Hall–Kier alpha value is -1.40. The maximum atomic E-state index is 12.2. The lowest BCUT2D eigenvalue weighted by Crippen LogP contribution is -2.52. The first-order chi connectivity index (χ1) is 10.1. The fourth-order valence-corrected chi connectivity index (χ4v) is 3.26. The molecule has 3 atom stereocenters. The maximum Gasteiger partial charge on any atom is 0.293 e. The summed E-state index contributed by atoms with van der Waals surface area (Å²) in [5.74, 6) is 0.572. The molecule has 6 heteroatoms. The van der Waals surface area contributed by atoms with Crippen molar-refractivity contribution in [1.29, 1.82) is 0 Å². The van der Waals surface area contributed by atoms with Gasteiger partial charge in [0, 0.05) is 51.2 Å². The average molecular weight is 292 g/mol. The molecule has 0 aromatic carbocycles. The van der Waals surface area contributed by atoms with E-state index in [0.29, 0.717) is 17.9 Å². The Morgan fingerprint density at radius 2 is 2.29 bits per heavy atom. The van der Waals surface area contributed by atoms with E-state index < -0.39 is 0 Å². The van der Waals surface area contributed by atoms with Gasteiger partial charge in [0.15, 0.2) is 5.82 Å². The van der Waals surface area contributed by atoms with Gasteiger partial charge in [0.2, 0.25) is 0 Å². The molecular weight excluding hydrogens is 268 g/mol. The molecule has 1 aromatic rings. The summed E-state index contributed by atoms with van der Waals surface area (Å²) in [5.41, 5.74) is -0.0179. The third-order valence-electron chi connectivity index (χ3n) is 4.55. The highest BCUT2D eigenvalue weighted by atomic mass is 16.5. The number of aryl methyl sites for hydroxylation is 1. The third-order valence-corrected chi connectivity index (χ3v) is 4.55. The van der Waals surface area contributed by atoms with E-state index in [-0.39, 0.29) is 11.7 Å². The molecule has 3 heterocycles.